The Morgan fingerprint density at radius 3 is 0.940 bits per heavy atom. The van der Waals surface area contributed by atoms with Crippen LogP contribution in [0.5, 0.6) is 0 Å². The fraction of sp³-hybridized carbons (Fsp3) is 0.0250. The van der Waals surface area contributed by atoms with Gasteiger partial charge in [0.15, 0.2) is 0 Å². The molecule has 398 valence electrons. The summed E-state index contributed by atoms with van der Waals surface area (Å²) < 4.78 is 4.91. The smallest absolute Gasteiger partial charge is 0.0542 e. The second kappa shape index (κ2) is 21.2. The molecular formula is C80H58N4. The lowest BCUT2D eigenvalue weighted by atomic mass is 9.99. The van der Waals surface area contributed by atoms with E-state index in [0.29, 0.717) is 0 Å². The molecule has 0 unspecified atom stereocenters. The van der Waals surface area contributed by atoms with E-state index in [0.717, 1.165) is 89.8 Å². The first-order valence-corrected chi connectivity index (χ1v) is 28.9. The molecule has 15 aromatic rings. The maximum absolute atomic E-state index is 2.46. The van der Waals surface area contributed by atoms with Crippen molar-refractivity contribution in [3.05, 3.63) is 327 Å². The average Bonchev–Trinajstić information content (AvgIpc) is 1.86. The highest BCUT2D eigenvalue weighted by molar-refractivity contribution is 6.03. The van der Waals surface area contributed by atoms with E-state index in [4.69, 9.17) is 0 Å². The van der Waals surface area contributed by atoms with Gasteiger partial charge < -0.3 is 18.9 Å². The van der Waals surface area contributed by atoms with Crippen molar-refractivity contribution in [2.24, 2.45) is 0 Å². The van der Waals surface area contributed by atoms with Gasteiger partial charge >= 0.3 is 0 Å². The predicted octanol–water partition coefficient (Wildman–Crippen LogP) is 22.1. The van der Waals surface area contributed by atoms with Crippen molar-refractivity contribution in [2.75, 3.05) is 9.80 Å². The zero-order chi connectivity index (χ0) is 56.1. The van der Waals surface area contributed by atoms with Gasteiger partial charge in [0.1, 0.15) is 0 Å². The molecule has 0 saturated carbocycles. The molecule has 15 rings (SSSR count). The number of anilines is 6. The zero-order valence-electron chi connectivity index (χ0n) is 46.8. The van der Waals surface area contributed by atoms with Crippen molar-refractivity contribution in [1.82, 2.24) is 9.13 Å². The van der Waals surface area contributed by atoms with Crippen LogP contribution < -0.4 is 9.80 Å². The van der Waals surface area contributed by atoms with Crippen LogP contribution in [0.2, 0.25) is 0 Å². The van der Waals surface area contributed by atoms with Gasteiger partial charge in [-0.25, -0.2) is 0 Å². The molecule has 13 aromatic carbocycles. The fourth-order valence-corrected chi connectivity index (χ4v) is 12.4. The van der Waals surface area contributed by atoms with E-state index in [-0.39, 0.29) is 0 Å². The van der Waals surface area contributed by atoms with Crippen LogP contribution in [0, 0.1) is 13.8 Å². The molecule has 84 heavy (non-hydrogen) atoms. The fourth-order valence-electron chi connectivity index (χ4n) is 12.4. The van der Waals surface area contributed by atoms with Crippen molar-refractivity contribution < 1.29 is 0 Å². The summed E-state index contributed by atoms with van der Waals surface area (Å²) in [6.45, 7) is 4.31. The molecule has 0 aliphatic rings. The molecule has 4 nitrogen and oxygen atoms in total. The normalized spacial score (nSPS) is 11.5. The van der Waals surface area contributed by atoms with E-state index in [1.54, 1.807) is 0 Å². The third kappa shape index (κ3) is 9.36. The van der Waals surface area contributed by atoms with E-state index >= 15 is 0 Å². The van der Waals surface area contributed by atoms with Crippen LogP contribution in [-0.4, -0.2) is 9.13 Å². The summed E-state index contributed by atoms with van der Waals surface area (Å²) >= 11 is 0. The van der Waals surface area contributed by atoms with Crippen molar-refractivity contribution >= 4 is 77.5 Å². The summed E-state index contributed by atoms with van der Waals surface area (Å²) in [5, 5.41) is 7.25. The molecule has 0 atom stereocenters. The number of rotatable bonds is 12. The number of hydrogen-bond acceptors (Lipinski definition) is 2. The molecule has 0 aliphatic heterocycles. The standard InChI is InChI=1S/C80H58N4/c1-55-15-13-25-75(47-55)81(69-21-5-3-6-22-69)71-39-43-73(44-40-71)83-77(61-33-27-59(28-34-61)65-37-31-57-17-9-11-19-63(57)49-65)51-67-54-80-68(53-79(67)83)52-78(62-35-29-60(30-36-62)66-38-32-58-18-10-12-20-64(58)50-66)84(80)74-45-41-72(42-46-74)82(70-23-7-4-8-24-70)76-26-14-16-56(2)48-76/h3-54H,1-2H3. The van der Waals surface area contributed by atoms with E-state index in [1.807, 2.05) is 0 Å². The molecule has 2 heterocycles. The first-order valence-electron chi connectivity index (χ1n) is 28.9. The van der Waals surface area contributed by atoms with Crippen LogP contribution in [0.4, 0.5) is 34.1 Å². The lowest BCUT2D eigenvalue weighted by Crippen LogP contribution is -2.10. The monoisotopic (exact) mass is 1070 g/mol. The topological polar surface area (TPSA) is 16.3 Å². The van der Waals surface area contributed by atoms with Gasteiger partial charge in [-0.05, 0) is 213 Å². The molecule has 0 amide bonds. The molecule has 4 heteroatoms. The van der Waals surface area contributed by atoms with E-state index in [1.165, 1.54) is 54.9 Å². The number of aromatic nitrogens is 2. The third-order valence-corrected chi connectivity index (χ3v) is 16.5. The third-order valence-electron chi connectivity index (χ3n) is 16.5. The van der Waals surface area contributed by atoms with Crippen molar-refractivity contribution in [3.63, 3.8) is 0 Å². The van der Waals surface area contributed by atoms with Gasteiger partial charge in [0, 0.05) is 56.3 Å². The molecule has 0 N–H and O–H groups in total. The maximum atomic E-state index is 2.46. The highest BCUT2D eigenvalue weighted by Gasteiger charge is 2.21. The van der Waals surface area contributed by atoms with Crippen LogP contribution >= 0.6 is 0 Å². The molecular weight excluding hydrogens is 1020 g/mol. The van der Waals surface area contributed by atoms with E-state index < -0.39 is 0 Å². The quantitative estimate of drug-likeness (QED) is 0.121. The number of aryl methyl sites for hydroxylation is 2. The molecule has 2 aromatic heterocycles. The molecule has 0 fully saturated rings. The second-order valence-electron chi connectivity index (χ2n) is 22.0. The Balaban J connectivity index is 0.898. The van der Waals surface area contributed by atoms with Gasteiger partial charge in [0.2, 0.25) is 0 Å². The molecule has 0 spiro atoms. The lowest BCUT2D eigenvalue weighted by Gasteiger charge is -2.26. The zero-order valence-corrected chi connectivity index (χ0v) is 46.8. The summed E-state index contributed by atoms with van der Waals surface area (Å²) in [5.74, 6) is 0. The van der Waals surface area contributed by atoms with Crippen LogP contribution in [0.25, 0.3) is 99.5 Å². The van der Waals surface area contributed by atoms with E-state index in [2.05, 4.69) is 348 Å². The maximum Gasteiger partial charge on any atom is 0.0542 e. The van der Waals surface area contributed by atoms with E-state index in [9.17, 15) is 0 Å². The van der Waals surface area contributed by atoms with Crippen LogP contribution in [0.1, 0.15) is 11.1 Å². The van der Waals surface area contributed by atoms with Crippen LogP contribution in [0.15, 0.2) is 315 Å². The van der Waals surface area contributed by atoms with Gasteiger partial charge in [-0.3, -0.25) is 0 Å². The molecule has 0 radical (unpaired) electrons. The van der Waals surface area contributed by atoms with Crippen LogP contribution in [-0.2, 0) is 0 Å². The van der Waals surface area contributed by atoms with Gasteiger partial charge in [-0.15, -0.1) is 0 Å². The minimum atomic E-state index is 1.08. The summed E-state index contributed by atoms with van der Waals surface area (Å²) in [4.78, 5) is 4.68. The Labute approximate surface area is 490 Å². The highest BCUT2D eigenvalue weighted by atomic mass is 15.1. The molecule has 0 aliphatic carbocycles. The average molecular weight is 1080 g/mol. The summed E-state index contributed by atoms with van der Waals surface area (Å²) in [6, 6.07) is 115. The minimum Gasteiger partial charge on any atom is -0.310 e. The molecule has 0 saturated heterocycles. The Bertz CT molecular complexity index is 4570. The summed E-state index contributed by atoms with van der Waals surface area (Å²) in [5.41, 5.74) is 22.7. The SMILES string of the molecule is Cc1cccc(N(c2ccccc2)c2ccc(-n3c(-c4ccc(-c5ccc6ccccc6c5)cc4)cc4cc5c(cc(-c6ccc(-c7ccc8ccccc8c7)cc6)n5-c5ccc(N(c6ccccc6)c6cccc(C)c6)cc5)cc43)cc2)c1. The Hall–Kier alpha value is -10.9. The van der Waals surface area contributed by atoms with Crippen molar-refractivity contribution in [1.29, 1.82) is 0 Å². The predicted molar refractivity (Wildman–Crippen MR) is 356 cm³/mol. The van der Waals surface area contributed by atoms with Crippen molar-refractivity contribution in [3.8, 4) is 56.1 Å². The first kappa shape index (κ1) is 50.1. The van der Waals surface area contributed by atoms with Gasteiger partial charge in [-0.2, -0.15) is 0 Å². The number of para-hydroxylation sites is 2. The van der Waals surface area contributed by atoms with Crippen molar-refractivity contribution in [2.45, 2.75) is 13.8 Å². The lowest BCUT2D eigenvalue weighted by molar-refractivity contribution is 1.13. The number of hydrogen-bond donors (Lipinski definition) is 0. The summed E-state index contributed by atoms with van der Waals surface area (Å²) in [7, 11) is 0. The minimum absolute atomic E-state index is 1.08. The largest absolute Gasteiger partial charge is 0.310 e. The Morgan fingerprint density at radius 2 is 0.548 bits per heavy atom. The molecule has 0 bridgehead atoms. The first-order chi connectivity index (χ1) is 41.4. The second-order valence-corrected chi connectivity index (χ2v) is 22.0. The van der Waals surface area contributed by atoms with Gasteiger partial charge in [-0.1, -0.05) is 182 Å². The van der Waals surface area contributed by atoms with Gasteiger partial charge in [0.25, 0.3) is 0 Å². The Kier molecular flexibility index (Phi) is 12.6. The number of fused-ring (bicyclic) bond motifs is 4. The van der Waals surface area contributed by atoms with Crippen LogP contribution in [0.3, 0.4) is 0 Å². The Morgan fingerprint density at radius 1 is 0.214 bits per heavy atom. The highest BCUT2D eigenvalue weighted by Crippen LogP contribution is 2.43. The summed E-state index contributed by atoms with van der Waals surface area (Å²) in [6.07, 6.45) is 0. The number of benzene rings is 13. The van der Waals surface area contributed by atoms with Gasteiger partial charge in [0.05, 0.1) is 22.4 Å². The number of nitrogens with zero attached hydrogens (tertiary/aromatic N) is 4.